The molecule has 0 aliphatic carbocycles. The third-order valence-electron chi connectivity index (χ3n) is 2.38. The molecule has 4 nitrogen and oxygen atoms in total. The third kappa shape index (κ3) is 3.50. The van der Waals surface area contributed by atoms with Crippen molar-refractivity contribution >= 4 is 40.1 Å². The summed E-state index contributed by atoms with van der Waals surface area (Å²) >= 11 is 8.08. The smallest absolute Gasteiger partial charge is 0.257 e. The Hall–Kier alpha value is -1.00. The maximum Gasteiger partial charge on any atom is 0.257 e. The second kappa shape index (κ2) is 6.81. The van der Waals surface area contributed by atoms with Gasteiger partial charge in [-0.15, -0.1) is 0 Å². The topological polar surface area (TPSA) is 53.3 Å². The van der Waals surface area contributed by atoms with Crippen LogP contribution < -0.4 is 4.74 Å². The van der Waals surface area contributed by atoms with Gasteiger partial charge in [0, 0.05) is 17.2 Å². The summed E-state index contributed by atoms with van der Waals surface area (Å²) in [6.07, 6.45) is 0.294. The van der Waals surface area contributed by atoms with E-state index in [4.69, 9.17) is 21.6 Å². The lowest BCUT2D eigenvalue weighted by Crippen LogP contribution is -2.28. The number of methoxy groups -OCH3 is 1. The minimum Gasteiger partial charge on any atom is -0.496 e. The van der Waals surface area contributed by atoms with Gasteiger partial charge in [-0.25, -0.2) is 0 Å². The van der Waals surface area contributed by atoms with Crippen LogP contribution in [0.25, 0.3) is 0 Å². The fraction of sp³-hybridized carbons (Fsp3) is 0.333. The molecule has 0 unspecified atom stereocenters. The Kier molecular flexibility index (Phi) is 5.69. The molecule has 0 bridgehead atoms. The SMILES string of the molecule is COc1cc(I)c(Cl)cc1C(=O)N(C)CCC#N. The maximum absolute atomic E-state index is 12.2. The number of halogens is 2. The predicted molar refractivity (Wildman–Crippen MR) is 77.9 cm³/mol. The van der Waals surface area contributed by atoms with Gasteiger partial charge in [0.05, 0.1) is 30.2 Å². The third-order valence-corrected chi connectivity index (χ3v) is 3.90. The average Bonchev–Trinajstić information content (AvgIpc) is 2.37. The van der Waals surface area contributed by atoms with E-state index < -0.39 is 0 Å². The van der Waals surface area contributed by atoms with Crippen molar-refractivity contribution in [2.45, 2.75) is 6.42 Å². The number of nitrogens with zero attached hydrogens (tertiary/aromatic N) is 2. The molecule has 1 rings (SSSR count). The zero-order valence-electron chi connectivity index (χ0n) is 10.0. The largest absolute Gasteiger partial charge is 0.496 e. The van der Waals surface area contributed by atoms with E-state index in [0.717, 1.165) is 3.57 Å². The fourth-order valence-corrected chi connectivity index (χ4v) is 1.99. The molecule has 0 aliphatic rings. The second-order valence-electron chi connectivity index (χ2n) is 3.60. The van der Waals surface area contributed by atoms with Crippen LogP contribution in [0.15, 0.2) is 12.1 Å². The molecule has 1 amide bonds. The number of carbonyl (C=O) groups is 1. The van der Waals surface area contributed by atoms with E-state index in [1.807, 2.05) is 6.07 Å². The first kappa shape index (κ1) is 15.1. The van der Waals surface area contributed by atoms with Crippen LogP contribution in [-0.4, -0.2) is 31.5 Å². The molecule has 0 atom stereocenters. The van der Waals surface area contributed by atoms with Crippen LogP contribution in [0.4, 0.5) is 0 Å². The molecular weight excluding hydrogens is 367 g/mol. The summed E-state index contributed by atoms with van der Waals surface area (Å²) in [5.41, 5.74) is 0.406. The highest BCUT2D eigenvalue weighted by Gasteiger charge is 2.18. The zero-order chi connectivity index (χ0) is 13.7. The summed E-state index contributed by atoms with van der Waals surface area (Å²) in [6.45, 7) is 0.377. The standard InChI is InChI=1S/C12H12ClIN2O2/c1-16(5-3-4-15)12(17)8-6-9(13)10(14)7-11(8)18-2/h6-7H,3,5H2,1-2H3. The molecule has 0 aromatic heterocycles. The van der Waals surface area contributed by atoms with Gasteiger partial charge in [0.25, 0.3) is 5.91 Å². The predicted octanol–water partition coefficient (Wildman–Crippen LogP) is 2.94. The van der Waals surface area contributed by atoms with Gasteiger partial charge in [-0.05, 0) is 34.7 Å². The van der Waals surface area contributed by atoms with Crippen LogP contribution >= 0.6 is 34.2 Å². The molecule has 0 aliphatic heterocycles. The molecule has 0 N–H and O–H groups in total. The molecule has 1 aromatic rings. The highest BCUT2D eigenvalue weighted by molar-refractivity contribution is 14.1. The molecule has 6 heteroatoms. The Bertz CT molecular complexity index is 500. The Balaban J connectivity index is 3.05. The van der Waals surface area contributed by atoms with Crippen molar-refractivity contribution in [1.82, 2.24) is 4.90 Å². The summed E-state index contributed by atoms with van der Waals surface area (Å²) in [4.78, 5) is 13.6. The van der Waals surface area contributed by atoms with E-state index in [-0.39, 0.29) is 5.91 Å². The number of amides is 1. The summed E-state index contributed by atoms with van der Waals surface area (Å²) in [5, 5.41) is 9.02. The Morgan fingerprint density at radius 1 is 1.61 bits per heavy atom. The normalized spacial score (nSPS) is 9.72. The van der Waals surface area contributed by atoms with Crippen LogP contribution in [-0.2, 0) is 0 Å². The number of benzene rings is 1. The number of nitriles is 1. The van der Waals surface area contributed by atoms with Gasteiger partial charge >= 0.3 is 0 Å². The van der Waals surface area contributed by atoms with E-state index in [1.165, 1.54) is 12.0 Å². The van der Waals surface area contributed by atoms with Crippen molar-refractivity contribution < 1.29 is 9.53 Å². The summed E-state index contributed by atoms with van der Waals surface area (Å²) in [7, 11) is 3.15. The van der Waals surface area contributed by atoms with Gasteiger partial charge < -0.3 is 9.64 Å². The molecule has 0 heterocycles. The first-order valence-corrected chi connectivity index (χ1v) is 6.62. The Morgan fingerprint density at radius 3 is 2.83 bits per heavy atom. The van der Waals surface area contributed by atoms with Gasteiger partial charge in [-0.1, -0.05) is 11.6 Å². The number of carbonyl (C=O) groups excluding carboxylic acids is 1. The molecule has 0 fully saturated rings. The summed E-state index contributed by atoms with van der Waals surface area (Å²) in [5.74, 6) is 0.276. The van der Waals surface area contributed by atoms with Gasteiger partial charge in [-0.2, -0.15) is 5.26 Å². The van der Waals surface area contributed by atoms with Crippen LogP contribution in [0.1, 0.15) is 16.8 Å². The fourth-order valence-electron chi connectivity index (χ4n) is 1.39. The van der Waals surface area contributed by atoms with Crippen molar-refractivity contribution in [3.63, 3.8) is 0 Å². The van der Waals surface area contributed by atoms with E-state index in [1.54, 1.807) is 19.2 Å². The van der Waals surface area contributed by atoms with Gasteiger partial charge in [0.2, 0.25) is 0 Å². The first-order valence-electron chi connectivity index (χ1n) is 5.16. The van der Waals surface area contributed by atoms with Gasteiger partial charge in [0.1, 0.15) is 5.75 Å². The monoisotopic (exact) mass is 378 g/mol. The average molecular weight is 379 g/mol. The zero-order valence-corrected chi connectivity index (χ0v) is 12.9. The lowest BCUT2D eigenvalue weighted by atomic mass is 10.1. The van der Waals surface area contributed by atoms with Gasteiger partial charge in [-0.3, -0.25) is 4.79 Å². The van der Waals surface area contributed by atoms with Gasteiger partial charge in [0.15, 0.2) is 0 Å². The quantitative estimate of drug-likeness (QED) is 0.757. The molecule has 0 saturated heterocycles. The van der Waals surface area contributed by atoms with E-state index >= 15 is 0 Å². The molecule has 1 aromatic carbocycles. The van der Waals surface area contributed by atoms with Crippen LogP contribution in [0, 0.1) is 14.9 Å². The Labute approximate surface area is 125 Å². The molecule has 0 saturated carbocycles. The van der Waals surface area contributed by atoms with E-state index in [2.05, 4.69) is 22.6 Å². The first-order chi connectivity index (χ1) is 8.51. The maximum atomic E-state index is 12.2. The summed E-state index contributed by atoms with van der Waals surface area (Å²) in [6, 6.07) is 5.31. The minimum atomic E-state index is -0.208. The number of hydrogen-bond donors (Lipinski definition) is 0. The molecule has 0 radical (unpaired) electrons. The van der Waals surface area contributed by atoms with Crippen molar-refractivity contribution in [2.24, 2.45) is 0 Å². The number of ether oxygens (including phenoxy) is 1. The Morgan fingerprint density at radius 2 is 2.28 bits per heavy atom. The summed E-state index contributed by atoms with van der Waals surface area (Å²) < 4.78 is 6.00. The number of hydrogen-bond acceptors (Lipinski definition) is 3. The van der Waals surface area contributed by atoms with Crippen LogP contribution in [0.3, 0.4) is 0 Å². The van der Waals surface area contributed by atoms with Crippen molar-refractivity contribution in [1.29, 1.82) is 5.26 Å². The van der Waals surface area contributed by atoms with Crippen molar-refractivity contribution in [2.75, 3.05) is 20.7 Å². The van der Waals surface area contributed by atoms with E-state index in [9.17, 15) is 4.79 Å². The minimum absolute atomic E-state index is 0.208. The van der Waals surface area contributed by atoms with E-state index in [0.29, 0.717) is 29.3 Å². The highest BCUT2D eigenvalue weighted by atomic mass is 127. The van der Waals surface area contributed by atoms with Crippen molar-refractivity contribution in [3.8, 4) is 11.8 Å². The lowest BCUT2D eigenvalue weighted by Gasteiger charge is -2.17. The van der Waals surface area contributed by atoms with Crippen LogP contribution in [0.2, 0.25) is 5.02 Å². The second-order valence-corrected chi connectivity index (χ2v) is 5.17. The van der Waals surface area contributed by atoms with Crippen molar-refractivity contribution in [3.05, 3.63) is 26.3 Å². The highest BCUT2D eigenvalue weighted by Crippen LogP contribution is 2.28. The van der Waals surface area contributed by atoms with Crippen LogP contribution in [0.5, 0.6) is 5.75 Å². The molecular formula is C12H12ClIN2O2. The molecule has 18 heavy (non-hydrogen) atoms. The molecule has 96 valence electrons. The lowest BCUT2D eigenvalue weighted by molar-refractivity contribution is 0.0794. The number of rotatable bonds is 4. The molecule has 0 spiro atoms.